The van der Waals surface area contributed by atoms with E-state index in [0.717, 1.165) is 5.56 Å². The number of benzene rings is 2. The highest BCUT2D eigenvalue weighted by Gasteiger charge is 2.21. The van der Waals surface area contributed by atoms with Crippen LogP contribution < -0.4 is 0 Å². The van der Waals surface area contributed by atoms with Gasteiger partial charge in [0.15, 0.2) is 5.78 Å². The number of ketones is 1. The van der Waals surface area contributed by atoms with Crippen molar-refractivity contribution in [3.63, 3.8) is 0 Å². The van der Waals surface area contributed by atoms with Crippen LogP contribution in [0.5, 0.6) is 0 Å². The van der Waals surface area contributed by atoms with Crippen LogP contribution in [0.1, 0.15) is 55.6 Å². The van der Waals surface area contributed by atoms with Crippen molar-refractivity contribution < 1.29 is 19.4 Å². The lowest BCUT2D eigenvalue weighted by Crippen LogP contribution is -2.26. The zero-order valence-corrected chi connectivity index (χ0v) is 14.8. The molecule has 0 heterocycles. The molecule has 26 heavy (non-hydrogen) atoms. The molecule has 4 heteroatoms. The standard InChI is InChI=1S/C21H24O4.CH4/c1-14(13-25-16(3)15(2)21(23)24)18-10-7-11-19(12-18)20(22)17-8-5-4-6-9-17;/h4-12,14-16H,13H2,1-3H3,(H,23,24);1H4/t14-,15?,16-;/m1./s1. The van der Waals surface area contributed by atoms with Gasteiger partial charge in [0, 0.05) is 17.0 Å². The van der Waals surface area contributed by atoms with Crippen molar-refractivity contribution in [1.82, 2.24) is 0 Å². The van der Waals surface area contributed by atoms with Gasteiger partial charge in [-0.25, -0.2) is 0 Å². The van der Waals surface area contributed by atoms with Crippen molar-refractivity contribution in [1.29, 1.82) is 0 Å². The van der Waals surface area contributed by atoms with Crippen molar-refractivity contribution in [3.8, 4) is 0 Å². The molecule has 2 rings (SSSR count). The molecule has 0 saturated heterocycles. The average molecular weight is 356 g/mol. The second-order valence-electron chi connectivity index (χ2n) is 6.39. The number of carbonyl (C=O) groups is 2. The number of ether oxygens (including phenoxy) is 1. The quantitative estimate of drug-likeness (QED) is 0.691. The maximum Gasteiger partial charge on any atom is 0.308 e. The molecule has 2 aromatic rings. The SMILES string of the molecule is C.CC(C(=O)O)[C@@H](C)OC[C@@H](C)c1cccc(C(=O)c2ccccc2)c1. The Hall–Kier alpha value is -2.46. The maximum absolute atomic E-state index is 12.6. The third-order valence-electron chi connectivity index (χ3n) is 4.46. The van der Waals surface area contributed by atoms with Crippen molar-refractivity contribution in [3.05, 3.63) is 71.3 Å². The van der Waals surface area contributed by atoms with Crippen molar-refractivity contribution in [2.45, 2.75) is 40.2 Å². The first kappa shape index (κ1) is 21.6. The van der Waals surface area contributed by atoms with Gasteiger partial charge in [-0.1, -0.05) is 62.9 Å². The highest BCUT2D eigenvalue weighted by Crippen LogP contribution is 2.20. The first-order chi connectivity index (χ1) is 11.9. The van der Waals surface area contributed by atoms with E-state index >= 15 is 0 Å². The minimum absolute atomic E-state index is 0. The summed E-state index contributed by atoms with van der Waals surface area (Å²) >= 11 is 0. The van der Waals surface area contributed by atoms with Crippen LogP contribution in [-0.2, 0) is 9.53 Å². The molecule has 0 aliphatic carbocycles. The van der Waals surface area contributed by atoms with E-state index in [0.29, 0.717) is 17.7 Å². The molecule has 0 bridgehead atoms. The number of carboxylic acids is 1. The topological polar surface area (TPSA) is 63.6 Å². The molecule has 2 aromatic carbocycles. The highest BCUT2D eigenvalue weighted by atomic mass is 16.5. The van der Waals surface area contributed by atoms with Crippen molar-refractivity contribution in [2.75, 3.05) is 6.61 Å². The van der Waals surface area contributed by atoms with Crippen LogP contribution in [0.4, 0.5) is 0 Å². The third-order valence-corrected chi connectivity index (χ3v) is 4.46. The molecule has 0 aliphatic rings. The first-order valence-corrected chi connectivity index (χ1v) is 8.44. The summed E-state index contributed by atoms with van der Waals surface area (Å²) in [6, 6.07) is 16.7. The number of aliphatic carboxylic acids is 1. The molecule has 0 saturated carbocycles. The second-order valence-corrected chi connectivity index (χ2v) is 6.39. The summed E-state index contributed by atoms with van der Waals surface area (Å²) in [6.45, 7) is 5.81. The summed E-state index contributed by atoms with van der Waals surface area (Å²) in [5, 5.41) is 9.02. The predicted molar refractivity (Wildman–Crippen MR) is 104 cm³/mol. The van der Waals surface area contributed by atoms with Gasteiger partial charge < -0.3 is 9.84 Å². The number of carboxylic acid groups (broad SMARTS) is 1. The predicted octanol–water partition coefficient (Wildman–Crippen LogP) is 4.78. The van der Waals surface area contributed by atoms with Crippen LogP contribution in [0.25, 0.3) is 0 Å². The van der Waals surface area contributed by atoms with E-state index in [9.17, 15) is 9.59 Å². The van der Waals surface area contributed by atoms with Gasteiger partial charge in [0.2, 0.25) is 0 Å². The molecule has 0 spiro atoms. The van der Waals surface area contributed by atoms with E-state index in [1.54, 1.807) is 26.0 Å². The minimum Gasteiger partial charge on any atom is -0.481 e. The molecular weight excluding hydrogens is 328 g/mol. The van der Waals surface area contributed by atoms with Crippen LogP contribution in [0.15, 0.2) is 54.6 Å². The van der Waals surface area contributed by atoms with Gasteiger partial charge in [0.05, 0.1) is 18.6 Å². The molecular formula is C22H28O4. The number of hydrogen-bond acceptors (Lipinski definition) is 3. The zero-order chi connectivity index (χ0) is 18.4. The summed E-state index contributed by atoms with van der Waals surface area (Å²) in [7, 11) is 0. The smallest absolute Gasteiger partial charge is 0.308 e. The van der Waals surface area contributed by atoms with E-state index < -0.39 is 11.9 Å². The normalized spacial score (nSPS) is 14.0. The van der Waals surface area contributed by atoms with E-state index in [1.807, 2.05) is 49.4 Å². The van der Waals surface area contributed by atoms with Crippen LogP contribution in [0, 0.1) is 5.92 Å². The Morgan fingerprint density at radius 2 is 1.58 bits per heavy atom. The van der Waals surface area contributed by atoms with E-state index in [-0.39, 0.29) is 25.2 Å². The van der Waals surface area contributed by atoms with E-state index in [4.69, 9.17) is 9.84 Å². The maximum atomic E-state index is 12.6. The fourth-order valence-electron chi connectivity index (χ4n) is 2.48. The Morgan fingerprint density at radius 3 is 2.19 bits per heavy atom. The Morgan fingerprint density at radius 1 is 0.962 bits per heavy atom. The fourth-order valence-corrected chi connectivity index (χ4v) is 2.48. The van der Waals surface area contributed by atoms with Crippen LogP contribution in [0.2, 0.25) is 0 Å². The van der Waals surface area contributed by atoms with Crippen LogP contribution >= 0.6 is 0 Å². The fraction of sp³-hybridized carbons (Fsp3) is 0.364. The average Bonchev–Trinajstić information content (AvgIpc) is 2.65. The summed E-state index contributed by atoms with van der Waals surface area (Å²) in [5.41, 5.74) is 2.30. The lowest BCUT2D eigenvalue weighted by Gasteiger charge is -2.20. The number of carbonyl (C=O) groups excluding carboxylic acids is 1. The Kier molecular flexibility index (Phi) is 8.20. The molecule has 0 aliphatic heterocycles. The molecule has 1 unspecified atom stereocenters. The lowest BCUT2D eigenvalue weighted by atomic mass is 9.96. The summed E-state index contributed by atoms with van der Waals surface area (Å²) in [5.74, 6) is -1.37. The van der Waals surface area contributed by atoms with Crippen LogP contribution in [-0.4, -0.2) is 29.6 Å². The van der Waals surface area contributed by atoms with Gasteiger partial charge in [-0.3, -0.25) is 9.59 Å². The van der Waals surface area contributed by atoms with Crippen LogP contribution in [0.3, 0.4) is 0 Å². The van der Waals surface area contributed by atoms with Gasteiger partial charge in [-0.05, 0) is 25.5 Å². The number of hydrogen-bond donors (Lipinski definition) is 1. The van der Waals surface area contributed by atoms with Gasteiger partial charge >= 0.3 is 5.97 Å². The molecule has 0 radical (unpaired) electrons. The van der Waals surface area contributed by atoms with E-state index in [1.165, 1.54) is 0 Å². The molecule has 3 atom stereocenters. The molecule has 0 aromatic heterocycles. The van der Waals surface area contributed by atoms with Gasteiger partial charge in [0.1, 0.15) is 0 Å². The molecule has 1 N–H and O–H groups in total. The lowest BCUT2D eigenvalue weighted by molar-refractivity contribution is -0.146. The zero-order valence-electron chi connectivity index (χ0n) is 14.8. The Labute approximate surface area is 155 Å². The third kappa shape index (κ3) is 5.53. The monoisotopic (exact) mass is 356 g/mol. The molecule has 4 nitrogen and oxygen atoms in total. The summed E-state index contributed by atoms with van der Waals surface area (Å²) in [6.07, 6.45) is -0.367. The Balaban J connectivity index is 0.00000338. The Bertz CT molecular complexity index is 724. The molecule has 0 fully saturated rings. The molecule has 0 amide bonds. The second kappa shape index (κ2) is 9.88. The van der Waals surface area contributed by atoms with Gasteiger partial charge in [-0.15, -0.1) is 0 Å². The van der Waals surface area contributed by atoms with Gasteiger partial charge in [-0.2, -0.15) is 0 Å². The van der Waals surface area contributed by atoms with Crippen molar-refractivity contribution >= 4 is 11.8 Å². The van der Waals surface area contributed by atoms with Gasteiger partial charge in [0.25, 0.3) is 0 Å². The van der Waals surface area contributed by atoms with Crippen molar-refractivity contribution in [2.24, 2.45) is 5.92 Å². The largest absolute Gasteiger partial charge is 0.481 e. The van der Waals surface area contributed by atoms with E-state index in [2.05, 4.69) is 0 Å². The summed E-state index contributed by atoms with van der Waals surface area (Å²) < 4.78 is 5.70. The summed E-state index contributed by atoms with van der Waals surface area (Å²) in [4.78, 5) is 23.5. The highest BCUT2D eigenvalue weighted by molar-refractivity contribution is 6.09. The molecule has 140 valence electrons. The minimum atomic E-state index is -0.865. The first-order valence-electron chi connectivity index (χ1n) is 8.44. The number of rotatable bonds is 8.